The van der Waals surface area contributed by atoms with Crippen molar-refractivity contribution in [1.29, 1.82) is 0 Å². The second kappa shape index (κ2) is 10.3. The molecule has 4 heterocycles. The molecule has 0 bridgehead atoms. The summed E-state index contributed by atoms with van der Waals surface area (Å²) in [7, 11) is 0. The molecule has 178 valence electrons. The number of piperidine rings is 1. The molecule has 0 radical (unpaired) electrons. The Kier molecular flexibility index (Phi) is 7.27. The molecule has 9 heteroatoms. The predicted octanol–water partition coefficient (Wildman–Crippen LogP) is 2.61. The van der Waals surface area contributed by atoms with Gasteiger partial charge in [-0.3, -0.25) is 4.79 Å². The van der Waals surface area contributed by atoms with Gasteiger partial charge in [-0.05, 0) is 58.1 Å². The Bertz CT molecular complexity index is 973. The molecule has 2 aromatic heterocycles. The van der Waals surface area contributed by atoms with Crippen molar-refractivity contribution in [2.24, 2.45) is 5.73 Å². The van der Waals surface area contributed by atoms with Gasteiger partial charge in [0, 0.05) is 43.4 Å². The van der Waals surface area contributed by atoms with E-state index in [0.29, 0.717) is 11.7 Å². The molecule has 0 aromatic carbocycles. The van der Waals surface area contributed by atoms with Gasteiger partial charge >= 0.3 is 5.97 Å². The smallest absolute Gasteiger partial charge is 0.325 e. The predicted molar refractivity (Wildman–Crippen MR) is 130 cm³/mol. The van der Waals surface area contributed by atoms with Gasteiger partial charge in [-0.2, -0.15) is 0 Å². The number of fused-ring (bicyclic) bond motifs is 1. The lowest BCUT2D eigenvalue weighted by molar-refractivity contribution is -0.148. The lowest BCUT2D eigenvalue weighted by Crippen LogP contribution is -2.40. The van der Waals surface area contributed by atoms with E-state index in [4.69, 9.17) is 15.5 Å². The zero-order valence-corrected chi connectivity index (χ0v) is 19.8. The average Bonchev–Trinajstić information content (AvgIpc) is 2.82. The van der Waals surface area contributed by atoms with Gasteiger partial charge in [0.15, 0.2) is 0 Å². The molecule has 4 N–H and O–H groups in total. The highest BCUT2D eigenvalue weighted by Crippen LogP contribution is 2.32. The molecule has 0 saturated carbocycles. The fourth-order valence-corrected chi connectivity index (χ4v) is 4.51. The second-order valence-electron chi connectivity index (χ2n) is 9.18. The SMILES string of the molecule is Cc1c(NC[C@H](N)C(=O)OC(C)C)ncnc1N1CCC(c2ccc3c(n2)NCCC3)CC1. The summed E-state index contributed by atoms with van der Waals surface area (Å²) in [5, 5.41) is 6.63. The van der Waals surface area contributed by atoms with Gasteiger partial charge in [-0.15, -0.1) is 0 Å². The highest BCUT2D eigenvalue weighted by molar-refractivity contribution is 5.76. The van der Waals surface area contributed by atoms with E-state index in [9.17, 15) is 4.79 Å². The topological polar surface area (TPSA) is 118 Å². The first-order valence-electron chi connectivity index (χ1n) is 11.9. The van der Waals surface area contributed by atoms with Gasteiger partial charge in [-0.25, -0.2) is 15.0 Å². The molecule has 0 amide bonds. The van der Waals surface area contributed by atoms with Crippen molar-refractivity contribution in [2.45, 2.75) is 64.5 Å². The number of nitrogens with zero attached hydrogens (tertiary/aromatic N) is 4. The van der Waals surface area contributed by atoms with E-state index in [2.05, 4.69) is 37.6 Å². The fraction of sp³-hybridized carbons (Fsp3) is 0.583. The first-order chi connectivity index (χ1) is 15.9. The third-order valence-electron chi connectivity index (χ3n) is 6.33. The normalized spacial score (nSPS) is 17.3. The standard InChI is InChI=1S/C24H35N7O2/c1-15(2)33-24(32)19(25)13-27-21-16(3)23(29-14-28-21)31-11-8-17(9-12-31)20-7-6-18-5-4-10-26-22(18)30-20/h6-7,14-15,17,19H,4-5,8-13,25H2,1-3H3,(H,26,30)(H,27,28,29)/t19-/m0/s1. The van der Waals surface area contributed by atoms with Crippen molar-refractivity contribution in [1.82, 2.24) is 15.0 Å². The van der Waals surface area contributed by atoms with Gasteiger partial charge in [0.05, 0.1) is 6.10 Å². The molecule has 0 unspecified atom stereocenters. The molecule has 0 aliphatic carbocycles. The zero-order chi connectivity index (χ0) is 23.4. The van der Waals surface area contributed by atoms with Crippen molar-refractivity contribution >= 4 is 23.4 Å². The second-order valence-corrected chi connectivity index (χ2v) is 9.18. The molecule has 2 aromatic rings. The summed E-state index contributed by atoms with van der Waals surface area (Å²) in [6, 6.07) is 3.70. The molecular formula is C24H35N7O2. The summed E-state index contributed by atoms with van der Waals surface area (Å²) >= 11 is 0. The zero-order valence-electron chi connectivity index (χ0n) is 19.8. The lowest BCUT2D eigenvalue weighted by Gasteiger charge is -2.34. The summed E-state index contributed by atoms with van der Waals surface area (Å²) in [5.41, 5.74) is 9.43. The molecule has 1 saturated heterocycles. The third-order valence-corrected chi connectivity index (χ3v) is 6.33. The Labute approximate surface area is 195 Å². The number of carbonyl (C=O) groups excluding carboxylic acids is 1. The average molecular weight is 454 g/mol. The van der Waals surface area contributed by atoms with Crippen LogP contribution in [0.2, 0.25) is 0 Å². The Morgan fingerprint density at radius 1 is 1.30 bits per heavy atom. The number of esters is 1. The van der Waals surface area contributed by atoms with Crippen LogP contribution < -0.4 is 21.3 Å². The van der Waals surface area contributed by atoms with Crippen molar-refractivity contribution in [3.05, 3.63) is 35.3 Å². The van der Waals surface area contributed by atoms with Crippen LogP contribution in [0.25, 0.3) is 0 Å². The van der Waals surface area contributed by atoms with Gasteiger partial charge in [0.1, 0.15) is 29.8 Å². The largest absolute Gasteiger partial charge is 0.462 e. The Morgan fingerprint density at radius 2 is 2.09 bits per heavy atom. The first kappa shape index (κ1) is 23.2. The van der Waals surface area contributed by atoms with E-state index in [1.54, 1.807) is 20.2 Å². The van der Waals surface area contributed by atoms with Gasteiger partial charge in [-0.1, -0.05) is 6.07 Å². The minimum atomic E-state index is -0.750. The molecule has 0 spiro atoms. The van der Waals surface area contributed by atoms with Gasteiger partial charge in [0.25, 0.3) is 0 Å². The fourth-order valence-electron chi connectivity index (χ4n) is 4.51. The van der Waals surface area contributed by atoms with Crippen molar-refractivity contribution in [3.8, 4) is 0 Å². The number of hydrogen-bond donors (Lipinski definition) is 3. The van der Waals surface area contributed by atoms with E-state index < -0.39 is 12.0 Å². The van der Waals surface area contributed by atoms with E-state index in [1.807, 2.05) is 6.92 Å². The monoisotopic (exact) mass is 453 g/mol. The summed E-state index contributed by atoms with van der Waals surface area (Å²) in [5.74, 6) is 2.72. The number of aromatic nitrogens is 3. The van der Waals surface area contributed by atoms with Crippen molar-refractivity contribution in [2.75, 3.05) is 41.7 Å². The van der Waals surface area contributed by atoms with Crippen LogP contribution in [-0.2, 0) is 16.0 Å². The Morgan fingerprint density at radius 3 is 2.85 bits per heavy atom. The lowest BCUT2D eigenvalue weighted by atomic mass is 9.92. The third kappa shape index (κ3) is 5.52. The molecule has 2 aliphatic rings. The first-order valence-corrected chi connectivity index (χ1v) is 11.9. The van der Waals surface area contributed by atoms with Crippen LogP contribution in [0.5, 0.6) is 0 Å². The van der Waals surface area contributed by atoms with Crippen LogP contribution in [0.1, 0.15) is 55.8 Å². The number of carbonyl (C=O) groups is 1. The number of hydrogen-bond acceptors (Lipinski definition) is 9. The quantitative estimate of drug-likeness (QED) is 0.544. The molecule has 1 atom stereocenters. The summed E-state index contributed by atoms with van der Waals surface area (Å²) in [6.07, 6.45) is 5.72. The number of nitrogens with one attached hydrogen (secondary N) is 2. The minimum absolute atomic E-state index is 0.188. The van der Waals surface area contributed by atoms with Crippen LogP contribution >= 0.6 is 0 Å². The summed E-state index contributed by atoms with van der Waals surface area (Å²) < 4.78 is 5.17. The summed E-state index contributed by atoms with van der Waals surface area (Å²) in [4.78, 5) is 28.1. The molecule has 2 aliphatic heterocycles. The number of anilines is 3. The Hall–Kier alpha value is -2.94. The van der Waals surface area contributed by atoms with E-state index in [-0.39, 0.29) is 12.6 Å². The van der Waals surface area contributed by atoms with E-state index in [1.165, 1.54) is 17.7 Å². The number of aryl methyl sites for hydroxylation is 1. The van der Waals surface area contributed by atoms with Gasteiger partial charge < -0.3 is 26.0 Å². The number of ether oxygens (including phenoxy) is 1. The van der Waals surface area contributed by atoms with Crippen molar-refractivity contribution in [3.63, 3.8) is 0 Å². The maximum Gasteiger partial charge on any atom is 0.325 e. The minimum Gasteiger partial charge on any atom is -0.462 e. The van der Waals surface area contributed by atoms with Crippen LogP contribution in [0.3, 0.4) is 0 Å². The van der Waals surface area contributed by atoms with E-state index in [0.717, 1.165) is 56.1 Å². The molecule has 33 heavy (non-hydrogen) atoms. The van der Waals surface area contributed by atoms with Crippen LogP contribution in [0.4, 0.5) is 17.5 Å². The van der Waals surface area contributed by atoms with Gasteiger partial charge in [0.2, 0.25) is 0 Å². The van der Waals surface area contributed by atoms with Crippen LogP contribution in [0.15, 0.2) is 18.5 Å². The van der Waals surface area contributed by atoms with Crippen LogP contribution in [-0.4, -0.2) is 59.2 Å². The molecule has 9 nitrogen and oxygen atoms in total. The Balaban J connectivity index is 1.36. The maximum atomic E-state index is 12.0. The highest BCUT2D eigenvalue weighted by Gasteiger charge is 2.25. The maximum absolute atomic E-state index is 12.0. The van der Waals surface area contributed by atoms with Crippen LogP contribution in [0, 0.1) is 6.92 Å². The molecular weight excluding hydrogens is 418 g/mol. The number of pyridine rings is 1. The highest BCUT2D eigenvalue weighted by atomic mass is 16.5. The van der Waals surface area contributed by atoms with E-state index >= 15 is 0 Å². The van der Waals surface area contributed by atoms with Crippen molar-refractivity contribution < 1.29 is 9.53 Å². The molecule has 4 rings (SSSR count). The molecule has 1 fully saturated rings. The number of nitrogens with two attached hydrogens (primary N) is 1. The number of rotatable bonds is 7. The summed E-state index contributed by atoms with van der Waals surface area (Å²) in [6.45, 7) is 8.69.